The number of nitrogens with zero attached hydrogens (tertiary/aromatic N) is 2. The van der Waals surface area contributed by atoms with Crippen molar-refractivity contribution in [1.82, 2.24) is 4.83 Å². The summed E-state index contributed by atoms with van der Waals surface area (Å²) in [7, 11) is -3.64. The van der Waals surface area contributed by atoms with Crippen LogP contribution in [0.2, 0.25) is 0 Å². The number of nitrogens with one attached hydrogen (secondary N) is 1. The molecule has 0 saturated heterocycles. The number of nitriles is 1. The van der Waals surface area contributed by atoms with E-state index in [-0.39, 0.29) is 4.90 Å². The summed E-state index contributed by atoms with van der Waals surface area (Å²) in [6.45, 7) is 0. The lowest BCUT2D eigenvalue weighted by atomic mass is 10.2. The van der Waals surface area contributed by atoms with E-state index in [1.165, 1.54) is 18.3 Å². The lowest BCUT2D eigenvalue weighted by Crippen LogP contribution is -2.18. The zero-order valence-corrected chi connectivity index (χ0v) is 11.2. The first kappa shape index (κ1) is 13.8. The van der Waals surface area contributed by atoms with Gasteiger partial charge in [-0.3, -0.25) is 0 Å². The molecule has 2 aromatic carbocycles. The largest absolute Gasteiger partial charge is 0.276 e. The Kier molecular flexibility index (Phi) is 4.13. The highest BCUT2D eigenvalue weighted by molar-refractivity contribution is 7.89. The van der Waals surface area contributed by atoms with Crippen LogP contribution in [0.25, 0.3) is 0 Å². The second-order valence-corrected chi connectivity index (χ2v) is 5.56. The molecular formula is C14H11N3O2S. The van der Waals surface area contributed by atoms with Crippen molar-refractivity contribution in [3.8, 4) is 6.07 Å². The maximum absolute atomic E-state index is 11.9. The smallest absolute Gasteiger partial charge is 0.200 e. The molecule has 0 heterocycles. The minimum absolute atomic E-state index is 0.150. The van der Waals surface area contributed by atoms with Crippen LogP contribution in [0.3, 0.4) is 0 Å². The van der Waals surface area contributed by atoms with Gasteiger partial charge in [-0.15, -0.1) is 0 Å². The Hall–Kier alpha value is -2.65. The van der Waals surface area contributed by atoms with Crippen LogP contribution in [-0.4, -0.2) is 14.6 Å². The van der Waals surface area contributed by atoms with Gasteiger partial charge in [-0.1, -0.05) is 30.3 Å². The van der Waals surface area contributed by atoms with Crippen molar-refractivity contribution in [2.75, 3.05) is 0 Å². The molecule has 100 valence electrons. The van der Waals surface area contributed by atoms with Crippen LogP contribution < -0.4 is 4.83 Å². The Morgan fingerprint density at radius 1 is 1.05 bits per heavy atom. The topological polar surface area (TPSA) is 82.3 Å². The molecule has 0 aliphatic heterocycles. The van der Waals surface area contributed by atoms with E-state index < -0.39 is 10.0 Å². The van der Waals surface area contributed by atoms with E-state index in [1.54, 1.807) is 42.5 Å². The lowest BCUT2D eigenvalue weighted by molar-refractivity contribution is 0.584. The van der Waals surface area contributed by atoms with Crippen molar-refractivity contribution < 1.29 is 8.42 Å². The Balaban J connectivity index is 2.08. The molecule has 5 nitrogen and oxygen atoms in total. The molecule has 0 fully saturated rings. The van der Waals surface area contributed by atoms with Gasteiger partial charge < -0.3 is 0 Å². The molecule has 0 bridgehead atoms. The predicted octanol–water partition coefficient (Wildman–Crippen LogP) is 1.87. The van der Waals surface area contributed by atoms with Crippen molar-refractivity contribution in [1.29, 1.82) is 5.26 Å². The van der Waals surface area contributed by atoms with Crippen molar-refractivity contribution in [2.45, 2.75) is 4.90 Å². The van der Waals surface area contributed by atoms with Gasteiger partial charge in [0.05, 0.1) is 22.7 Å². The molecule has 0 aliphatic rings. The Morgan fingerprint density at radius 2 is 1.70 bits per heavy atom. The Labute approximate surface area is 117 Å². The van der Waals surface area contributed by atoms with Gasteiger partial charge in [0.1, 0.15) is 0 Å². The molecular weight excluding hydrogens is 274 g/mol. The predicted molar refractivity (Wildman–Crippen MR) is 75.5 cm³/mol. The molecule has 20 heavy (non-hydrogen) atoms. The van der Waals surface area contributed by atoms with Crippen molar-refractivity contribution >= 4 is 16.2 Å². The number of rotatable bonds is 4. The Bertz CT molecular complexity index is 745. The molecule has 0 saturated carbocycles. The summed E-state index contributed by atoms with van der Waals surface area (Å²) in [5, 5.41) is 12.4. The first-order valence-corrected chi connectivity index (χ1v) is 7.20. The number of benzene rings is 2. The fourth-order valence-corrected chi connectivity index (χ4v) is 2.28. The summed E-state index contributed by atoms with van der Waals surface area (Å²) in [4.78, 5) is 2.28. The third kappa shape index (κ3) is 3.43. The van der Waals surface area contributed by atoms with E-state index in [1.807, 2.05) is 6.07 Å². The summed E-state index contributed by atoms with van der Waals surface area (Å²) in [5.41, 5.74) is 1.23. The van der Waals surface area contributed by atoms with E-state index in [9.17, 15) is 8.42 Å². The molecule has 0 amide bonds. The highest BCUT2D eigenvalue weighted by Gasteiger charge is 2.10. The monoisotopic (exact) mass is 285 g/mol. The van der Waals surface area contributed by atoms with Gasteiger partial charge in [0.2, 0.25) is 0 Å². The molecule has 6 heteroatoms. The van der Waals surface area contributed by atoms with Crippen LogP contribution in [0.15, 0.2) is 64.6 Å². The number of sulfonamides is 1. The van der Waals surface area contributed by atoms with Gasteiger partial charge in [-0.05, 0) is 29.8 Å². The van der Waals surface area contributed by atoms with E-state index >= 15 is 0 Å². The van der Waals surface area contributed by atoms with Crippen LogP contribution in [0.1, 0.15) is 11.1 Å². The number of hydrogen-bond acceptors (Lipinski definition) is 4. The number of hydrazone groups is 1. The Morgan fingerprint density at radius 3 is 2.30 bits per heavy atom. The first-order valence-electron chi connectivity index (χ1n) is 5.72. The standard InChI is InChI=1S/C14H11N3O2S/c15-10-12-6-8-13(9-7-12)11-16-17-20(18,19)14-4-2-1-3-5-14/h1-9,11,17H. The minimum atomic E-state index is -3.64. The first-order chi connectivity index (χ1) is 9.62. The lowest BCUT2D eigenvalue weighted by Gasteiger charge is -2.02. The molecule has 0 unspecified atom stereocenters. The zero-order valence-electron chi connectivity index (χ0n) is 10.4. The van der Waals surface area contributed by atoms with Crippen molar-refractivity contribution in [2.24, 2.45) is 5.10 Å². The van der Waals surface area contributed by atoms with Crippen molar-refractivity contribution in [3.05, 3.63) is 65.7 Å². The quantitative estimate of drug-likeness (QED) is 0.687. The van der Waals surface area contributed by atoms with E-state index in [0.717, 1.165) is 0 Å². The fraction of sp³-hybridized carbons (Fsp3) is 0. The van der Waals surface area contributed by atoms with Crippen LogP contribution in [0, 0.1) is 11.3 Å². The molecule has 0 atom stereocenters. The molecule has 0 radical (unpaired) electrons. The van der Waals surface area contributed by atoms with Gasteiger partial charge in [-0.2, -0.15) is 18.8 Å². The molecule has 0 aromatic heterocycles. The summed E-state index contributed by atoms with van der Waals surface area (Å²) < 4.78 is 23.7. The fourth-order valence-electron chi connectivity index (χ4n) is 1.47. The average molecular weight is 285 g/mol. The highest BCUT2D eigenvalue weighted by atomic mass is 32.2. The highest BCUT2D eigenvalue weighted by Crippen LogP contribution is 2.07. The molecule has 0 spiro atoms. The van der Waals surface area contributed by atoms with Gasteiger partial charge in [0, 0.05) is 0 Å². The molecule has 0 aliphatic carbocycles. The second kappa shape index (κ2) is 5.99. The van der Waals surface area contributed by atoms with Gasteiger partial charge >= 0.3 is 0 Å². The molecule has 2 rings (SSSR count). The number of hydrogen-bond donors (Lipinski definition) is 1. The normalized spacial score (nSPS) is 11.2. The second-order valence-electron chi connectivity index (χ2n) is 3.90. The van der Waals surface area contributed by atoms with Gasteiger partial charge in [-0.25, -0.2) is 4.83 Å². The third-order valence-corrected chi connectivity index (χ3v) is 3.72. The average Bonchev–Trinajstić information content (AvgIpc) is 2.49. The van der Waals surface area contributed by atoms with Crippen LogP contribution in [-0.2, 0) is 10.0 Å². The minimum Gasteiger partial charge on any atom is -0.200 e. The molecule has 1 N–H and O–H groups in total. The van der Waals surface area contributed by atoms with E-state index in [0.29, 0.717) is 11.1 Å². The zero-order chi connectivity index (χ0) is 14.4. The summed E-state index contributed by atoms with van der Waals surface area (Å²) in [6.07, 6.45) is 1.38. The molecule has 2 aromatic rings. The van der Waals surface area contributed by atoms with E-state index in [2.05, 4.69) is 9.93 Å². The van der Waals surface area contributed by atoms with Crippen LogP contribution in [0.4, 0.5) is 0 Å². The summed E-state index contributed by atoms with van der Waals surface area (Å²) in [6, 6.07) is 16.6. The van der Waals surface area contributed by atoms with Crippen LogP contribution in [0.5, 0.6) is 0 Å². The maximum Gasteiger partial charge on any atom is 0.276 e. The van der Waals surface area contributed by atoms with Gasteiger partial charge in [0.25, 0.3) is 10.0 Å². The SMILES string of the molecule is N#Cc1ccc(C=NNS(=O)(=O)c2ccccc2)cc1. The summed E-state index contributed by atoms with van der Waals surface area (Å²) in [5.74, 6) is 0. The summed E-state index contributed by atoms with van der Waals surface area (Å²) >= 11 is 0. The van der Waals surface area contributed by atoms with Crippen molar-refractivity contribution in [3.63, 3.8) is 0 Å². The van der Waals surface area contributed by atoms with E-state index in [4.69, 9.17) is 5.26 Å². The maximum atomic E-state index is 11.9. The third-order valence-electron chi connectivity index (χ3n) is 2.48. The van der Waals surface area contributed by atoms with Gasteiger partial charge in [0.15, 0.2) is 0 Å². The van der Waals surface area contributed by atoms with Crippen LogP contribution >= 0.6 is 0 Å².